The summed E-state index contributed by atoms with van der Waals surface area (Å²) in [5.41, 5.74) is 0. The van der Waals surface area contributed by atoms with Crippen LogP contribution in [0.1, 0.15) is 32.1 Å². The van der Waals surface area contributed by atoms with E-state index < -0.39 is 0 Å². The number of rotatable bonds is 9. The maximum atomic E-state index is 5.17. The predicted molar refractivity (Wildman–Crippen MR) is 70.2 cm³/mol. The molecule has 0 amide bonds. The highest BCUT2D eigenvalue weighted by Gasteiger charge is 1.89. The van der Waals surface area contributed by atoms with E-state index in [1.54, 1.807) is 0 Å². The summed E-state index contributed by atoms with van der Waals surface area (Å²) in [5.74, 6) is 10.8. The molecule has 0 heterocycles. The number of hydrogen-bond donors (Lipinski definition) is 0. The van der Waals surface area contributed by atoms with Gasteiger partial charge in [0.25, 0.3) is 0 Å². The Morgan fingerprint density at radius 1 is 0.706 bits per heavy atom. The minimum atomic E-state index is 0.340. The fourth-order valence-electron chi connectivity index (χ4n) is 1.20. The molecule has 17 heavy (non-hydrogen) atoms. The van der Waals surface area contributed by atoms with Crippen LogP contribution < -0.4 is 0 Å². The third-order valence-electron chi connectivity index (χ3n) is 2.01. The quantitative estimate of drug-likeness (QED) is 0.448. The lowest BCUT2D eigenvalue weighted by Gasteiger charge is -1.99. The smallest absolute Gasteiger partial charge is 0.109 e. The van der Waals surface area contributed by atoms with E-state index in [1.807, 2.05) is 0 Å². The first kappa shape index (κ1) is 15.6. The molecule has 0 radical (unpaired) electrons. The van der Waals surface area contributed by atoms with Crippen molar-refractivity contribution in [2.75, 3.05) is 26.4 Å². The molecule has 0 aliphatic heterocycles. The van der Waals surface area contributed by atoms with Gasteiger partial charge in [-0.15, -0.1) is 18.8 Å². The summed E-state index contributed by atoms with van der Waals surface area (Å²) in [5, 5.41) is 0. The molecule has 0 atom stereocenters. The van der Waals surface area contributed by atoms with Crippen LogP contribution in [0.4, 0.5) is 0 Å². The summed E-state index contributed by atoms with van der Waals surface area (Å²) in [6, 6.07) is 0. The van der Waals surface area contributed by atoms with E-state index in [2.05, 4.69) is 23.7 Å². The fraction of sp³-hybridized carbons (Fsp3) is 0.600. The van der Waals surface area contributed by atoms with Crippen molar-refractivity contribution in [3.63, 3.8) is 0 Å². The summed E-state index contributed by atoms with van der Waals surface area (Å²) < 4.78 is 10.2. The summed E-state index contributed by atoms with van der Waals surface area (Å²) in [6.07, 6.45) is 15.5. The lowest BCUT2D eigenvalue weighted by molar-refractivity contribution is 0.162. The molecule has 0 aromatic heterocycles. The van der Waals surface area contributed by atoms with Gasteiger partial charge in [-0.3, -0.25) is 0 Å². The topological polar surface area (TPSA) is 18.5 Å². The third-order valence-corrected chi connectivity index (χ3v) is 2.01. The predicted octanol–water partition coefficient (Wildman–Crippen LogP) is 2.24. The average Bonchev–Trinajstić information content (AvgIpc) is 2.35. The van der Waals surface area contributed by atoms with Crippen LogP contribution in [0.15, 0.2) is 0 Å². The van der Waals surface area contributed by atoms with Crippen LogP contribution in [0, 0.1) is 36.5 Å². The van der Waals surface area contributed by atoms with Crippen molar-refractivity contribution in [1.29, 1.82) is 0 Å². The number of hydrogen-bond acceptors (Lipinski definition) is 2. The van der Waals surface area contributed by atoms with Gasteiger partial charge in [0, 0.05) is 13.0 Å². The van der Waals surface area contributed by atoms with Gasteiger partial charge >= 0.3 is 0 Å². The molecule has 2 nitrogen and oxygen atoms in total. The van der Waals surface area contributed by atoms with Gasteiger partial charge in [-0.25, -0.2) is 0 Å². The van der Waals surface area contributed by atoms with Crippen LogP contribution >= 0.6 is 0 Å². The Hall–Kier alpha value is -1.40. The van der Waals surface area contributed by atoms with E-state index in [-0.39, 0.29) is 0 Å². The zero-order valence-electron chi connectivity index (χ0n) is 10.3. The van der Waals surface area contributed by atoms with Gasteiger partial charge in [-0.2, -0.15) is 0 Å². The van der Waals surface area contributed by atoms with Gasteiger partial charge in [0.2, 0.25) is 0 Å². The molecule has 0 aliphatic carbocycles. The number of terminal acetylenes is 2. The molecule has 0 saturated carbocycles. The summed E-state index contributed by atoms with van der Waals surface area (Å²) in [4.78, 5) is 0. The van der Waals surface area contributed by atoms with Crippen LogP contribution in [0.5, 0.6) is 0 Å². The zero-order chi connectivity index (χ0) is 12.6. The molecule has 0 aromatic rings. The van der Waals surface area contributed by atoms with E-state index >= 15 is 0 Å². The number of ether oxygens (including phenoxy) is 2. The van der Waals surface area contributed by atoms with Gasteiger partial charge in [0.15, 0.2) is 0 Å². The highest BCUT2D eigenvalue weighted by molar-refractivity contribution is 4.99. The Morgan fingerprint density at radius 3 is 2.18 bits per heavy atom. The Kier molecular flexibility index (Phi) is 13.4. The van der Waals surface area contributed by atoms with Gasteiger partial charge in [0.1, 0.15) is 19.8 Å². The maximum Gasteiger partial charge on any atom is 0.109 e. The van der Waals surface area contributed by atoms with E-state index in [1.165, 1.54) is 12.8 Å². The van der Waals surface area contributed by atoms with Crippen molar-refractivity contribution >= 4 is 0 Å². The van der Waals surface area contributed by atoms with Gasteiger partial charge in [0.05, 0.1) is 0 Å². The third kappa shape index (κ3) is 14.6. The van der Waals surface area contributed by atoms with Gasteiger partial charge in [-0.05, 0) is 12.8 Å². The molecule has 0 aromatic carbocycles. The SMILES string of the molecule is C#CCOCC#CCCCCCCOCC#C. The van der Waals surface area contributed by atoms with Gasteiger partial charge in [-0.1, -0.05) is 30.6 Å². The van der Waals surface area contributed by atoms with E-state index in [4.69, 9.17) is 22.3 Å². The Labute approximate surface area is 105 Å². The van der Waals surface area contributed by atoms with Crippen LogP contribution in [0.2, 0.25) is 0 Å². The first-order valence-corrected chi connectivity index (χ1v) is 5.90. The van der Waals surface area contributed by atoms with Crippen molar-refractivity contribution in [2.24, 2.45) is 0 Å². The average molecular weight is 232 g/mol. The minimum Gasteiger partial charge on any atom is -0.369 e. The van der Waals surface area contributed by atoms with E-state index in [9.17, 15) is 0 Å². The minimum absolute atomic E-state index is 0.340. The van der Waals surface area contributed by atoms with Crippen LogP contribution in [-0.2, 0) is 9.47 Å². The van der Waals surface area contributed by atoms with E-state index in [0.29, 0.717) is 19.8 Å². The van der Waals surface area contributed by atoms with Crippen molar-refractivity contribution in [3.05, 3.63) is 0 Å². The normalized spacial score (nSPS) is 8.82. The van der Waals surface area contributed by atoms with Crippen LogP contribution in [0.3, 0.4) is 0 Å². The first-order valence-electron chi connectivity index (χ1n) is 5.90. The molecule has 0 rings (SSSR count). The first-order chi connectivity index (χ1) is 8.41. The van der Waals surface area contributed by atoms with Gasteiger partial charge < -0.3 is 9.47 Å². The molecular weight excluding hydrogens is 212 g/mol. The summed E-state index contributed by atoms with van der Waals surface area (Å²) in [6.45, 7) is 1.95. The Balaban J connectivity index is 3.08. The number of unbranched alkanes of at least 4 members (excludes halogenated alkanes) is 4. The lowest BCUT2D eigenvalue weighted by Crippen LogP contribution is -1.94. The molecule has 0 bridgehead atoms. The Bertz CT molecular complexity index is 296. The molecule has 0 aliphatic rings. The van der Waals surface area contributed by atoms with Crippen molar-refractivity contribution in [1.82, 2.24) is 0 Å². The van der Waals surface area contributed by atoms with Crippen molar-refractivity contribution < 1.29 is 9.47 Å². The molecule has 0 saturated heterocycles. The molecule has 0 spiro atoms. The maximum absolute atomic E-state index is 5.17. The second-order valence-corrected chi connectivity index (χ2v) is 3.47. The second kappa shape index (κ2) is 14.6. The highest BCUT2D eigenvalue weighted by Crippen LogP contribution is 2.02. The largest absolute Gasteiger partial charge is 0.369 e. The molecule has 2 heteroatoms. The molecule has 0 fully saturated rings. The van der Waals surface area contributed by atoms with Crippen molar-refractivity contribution in [3.8, 4) is 36.5 Å². The summed E-state index contributed by atoms with van der Waals surface area (Å²) in [7, 11) is 0. The fourth-order valence-corrected chi connectivity index (χ4v) is 1.20. The Morgan fingerprint density at radius 2 is 1.41 bits per heavy atom. The molecule has 0 unspecified atom stereocenters. The molecule has 0 N–H and O–H groups in total. The van der Waals surface area contributed by atoms with Crippen molar-refractivity contribution in [2.45, 2.75) is 32.1 Å². The standard InChI is InChI=1S/C15H20O2/c1-3-12-16-14-10-8-6-5-7-9-11-15-17-13-4-2/h1-2H,5-8,10,12-15H2. The second-order valence-electron chi connectivity index (χ2n) is 3.47. The highest BCUT2D eigenvalue weighted by atomic mass is 16.5. The van der Waals surface area contributed by atoms with Crippen LogP contribution in [-0.4, -0.2) is 26.4 Å². The van der Waals surface area contributed by atoms with E-state index in [0.717, 1.165) is 25.9 Å². The monoisotopic (exact) mass is 232 g/mol. The van der Waals surface area contributed by atoms with Crippen LogP contribution in [0.25, 0.3) is 0 Å². The lowest BCUT2D eigenvalue weighted by atomic mass is 10.1. The molecule has 92 valence electrons. The zero-order valence-corrected chi connectivity index (χ0v) is 10.3. The summed E-state index contributed by atoms with van der Waals surface area (Å²) >= 11 is 0. The molecular formula is C15H20O2.